The van der Waals surface area contributed by atoms with Crippen molar-refractivity contribution in [3.05, 3.63) is 23.8 Å². The van der Waals surface area contributed by atoms with E-state index in [-0.39, 0.29) is 6.61 Å². The van der Waals surface area contributed by atoms with E-state index in [1.165, 1.54) is 0 Å². The van der Waals surface area contributed by atoms with Gasteiger partial charge in [-0.1, -0.05) is 12.1 Å². The molecule has 2 N–H and O–H groups in total. The topological polar surface area (TPSA) is 60.0 Å². The SMILES string of the molecule is OCCOCCNCc1cccc2c1OCCO2. The lowest BCUT2D eigenvalue weighted by Gasteiger charge is -2.21. The first kappa shape index (κ1) is 13.1. The lowest BCUT2D eigenvalue weighted by molar-refractivity contribution is 0.0937. The molecule has 5 nitrogen and oxygen atoms in total. The fourth-order valence-electron chi connectivity index (χ4n) is 1.81. The summed E-state index contributed by atoms with van der Waals surface area (Å²) in [5.41, 5.74) is 1.09. The van der Waals surface area contributed by atoms with Crippen LogP contribution in [0.2, 0.25) is 0 Å². The molecule has 100 valence electrons. The van der Waals surface area contributed by atoms with Crippen molar-refractivity contribution >= 4 is 0 Å². The highest BCUT2D eigenvalue weighted by molar-refractivity contribution is 5.47. The van der Waals surface area contributed by atoms with Gasteiger partial charge in [-0.15, -0.1) is 0 Å². The predicted molar refractivity (Wildman–Crippen MR) is 67.0 cm³/mol. The van der Waals surface area contributed by atoms with E-state index in [0.29, 0.717) is 26.4 Å². The van der Waals surface area contributed by atoms with Crippen LogP contribution in [0.5, 0.6) is 11.5 Å². The first-order chi connectivity index (χ1) is 8.92. The Kier molecular flexibility index (Phi) is 5.26. The van der Waals surface area contributed by atoms with Crippen molar-refractivity contribution in [1.82, 2.24) is 5.32 Å². The minimum Gasteiger partial charge on any atom is -0.486 e. The van der Waals surface area contributed by atoms with Crippen LogP contribution in [0.25, 0.3) is 0 Å². The van der Waals surface area contributed by atoms with Crippen molar-refractivity contribution in [1.29, 1.82) is 0 Å². The number of aliphatic hydroxyl groups excluding tert-OH is 1. The van der Waals surface area contributed by atoms with Crippen LogP contribution in [0.4, 0.5) is 0 Å². The Balaban J connectivity index is 1.79. The highest BCUT2D eigenvalue weighted by Crippen LogP contribution is 2.33. The molecule has 0 atom stereocenters. The van der Waals surface area contributed by atoms with Crippen LogP contribution in [-0.2, 0) is 11.3 Å². The summed E-state index contributed by atoms with van der Waals surface area (Å²) in [6, 6.07) is 5.91. The fourth-order valence-corrected chi connectivity index (χ4v) is 1.81. The molecule has 0 saturated heterocycles. The minimum absolute atomic E-state index is 0.0668. The van der Waals surface area contributed by atoms with Gasteiger partial charge in [-0.2, -0.15) is 0 Å². The molecular weight excluding hydrogens is 234 g/mol. The lowest BCUT2D eigenvalue weighted by atomic mass is 10.1. The molecule has 1 aromatic carbocycles. The molecule has 5 heteroatoms. The molecule has 1 aliphatic rings. The highest BCUT2D eigenvalue weighted by atomic mass is 16.6. The summed E-state index contributed by atoms with van der Waals surface area (Å²) in [4.78, 5) is 0. The van der Waals surface area contributed by atoms with E-state index in [4.69, 9.17) is 19.3 Å². The van der Waals surface area contributed by atoms with Crippen LogP contribution >= 0.6 is 0 Å². The smallest absolute Gasteiger partial charge is 0.165 e. The van der Waals surface area contributed by atoms with Crippen LogP contribution in [0.3, 0.4) is 0 Å². The summed E-state index contributed by atoms with van der Waals surface area (Å²) in [6.45, 7) is 3.71. The van der Waals surface area contributed by atoms with Gasteiger partial charge < -0.3 is 24.6 Å². The molecule has 0 saturated carbocycles. The minimum atomic E-state index is 0.0668. The molecule has 1 aromatic rings. The Bertz CT molecular complexity index is 370. The Labute approximate surface area is 107 Å². The van der Waals surface area contributed by atoms with Crippen LogP contribution < -0.4 is 14.8 Å². The van der Waals surface area contributed by atoms with Gasteiger partial charge in [0.05, 0.1) is 19.8 Å². The molecule has 0 aromatic heterocycles. The van der Waals surface area contributed by atoms with Gasteiger partial charge in [0.2, 0.25) is 0 Å². The number of benzene rings is 1. The zero-order valence-electron chi connectivity index (χ0n) is 10.4. The summed E-state index contributed by atoms with van der Waals surface area (Å²) < 4.78 is 16.3. The van der Waals surface area contributed by atoms with E-state index < -0.39 is 0 Å². The normalized spacial score (nSPS) is 13.6. The summed E-state index contributed by atoms with van der Waals surface area (Å²) in [5, 5.41) is 11.8. The van der Waals surface area contributed by atoms with E-state index in [2.05, 4.69) is 5.32 Å². The van der Waals surface area contributed by atoms with Crippen LogP contribution in [-0.4, -0.2) is 44.7 Å². The van der Waals surface area contributed by atoms with Crippen molar-refractivity contribution in [2.75, 3.05) is 39.6 Å². The number of aliphatic hydroxyl groups is 1. The number of ether oxygens (including phenoxy) is 3. The van der Waals surface area contributed by atoms with Gasteiger partial charge in [-0.25, -0.2) is 0 Å². The first-order valence-corrected chi connectivity index (χ1v) is 6.18. The second-order valence-corrected chi connectivity index (χ2v) is 3.95. The number of rotatable bonds is 7. The third-order valence-corrected chi connectivity index (χ3v) is 2.62. The van der Waals surface area contributed by atoms with Gasteiger partial charge >= 0.3 is 0 Å². The van der Waals surface area contributed by atoms with Crippen LogP contribution in [0.1, 0.15) is 5.56 Å². The molecule has 0 unspecified atom stereocenters. The maximum absolute atomic E-state index is 8.56. The summed E-state index contributed by atoms with van der Waals surface area (Å²) >= 11 is 0. The second-order valence-electron chi connectivity index (χ2n) is 3.95. The van der Waals surface area contributed by atoms with Gasteiger partial charge in [-0.05, 0) is 6.07 Å². The Morgan fingerprint density at radius 1 is 1.22 bits per heavy atom. The summed E-state index contributed by atoms with van der Waals surface area (Å²) in [6.07, 6.45) is 0. The molecule has 0 radical (unpaired) electrons. The summed E-state index contributed by atoms with van der Waals surface area (Å²) in [5.74, 6) is 1.66. The van der Waals surface area contributed by atoms with Crippen LogP contribution in [0.15, 0.2) is 18.2 Å². The molecule has 18 heavy (non-hydrogen) atoms. The van der Waals surface area contributed by atoms with E-state index in [0.717, 1.165) is 30.2 Å². The highest BCUT2D eigenvalue weighted by Gasteiger charge is 2.14. The Morgan fingerprint density at radius 3 is 3.00 bits per heavy atom. The van der Waals surface area contributed by atoms with Gasteiger partial charge in [-0.3, -0.25) is 0 Å². The molecule has 0 bridgehead atoms. The van der Waals surface area contributed by atoms with Crippen molar-refractivity contribution in [2.45, 2.75) is 6.54 Å². The predicted octanol–water partition coefficient (Wildman–Crippen LogP) is 0.556. The lowest BCUT2D eigenvalue weighted by Crippen LogP contribution is -2.22. The first-order valence-electron chi connectivity index (χ1n) is 6.18. The number of para-hydroxylation sites is 1. The zero-order chi connectivity index (χ0) is 12.6. The van der Waals surface area contributed by atoms with Gasteiger partial charge in [0.1, 0.15) is 13.2 Å². The third-order valence-electron chi connectivity index (χ3n) is 2.62. The molecule has 0 spiro atoms. The fraction of sp³-hybridized carbons (Fsp3) is 0.538. The van der Waals surface area contributed by atoms with Crippen molar-refractivity contribution < 1.29 is 19.3 Å². The molecule has 0 amide bonds. The second kappa shape index (κ2) is 7.20. The Morgan fingerprint density at radius 2 is 2.11 bits per heavy atom. The molecule has 1 heterocycles. The zero-order valence-corrected chi connectivity index (χ0v) is 10.4. The van der Waals surface area contributed by atoms with Crippen molar-refractivity contribution in [3.8, 4) is 11.5 Å². The maximum atomic E-state index is 8.56. The molecular formula is C13H19NO4. The summed E-state index contributed by atoms with van der Waals surface area (Å²) in [7, 11) is 0. The quantitative estimate of drug-likeness (QED) is 0.695. The average Bonchev–Trinajstić information content (AvgIpc) is 2.43. The molecule has 0 fully saturated rings. The number of hydrogen-bond acceptors (Lipinski definition) is 5. The molecule has 1 aliphatic heterocycles. The van der Waals surface area contributed by atoms with Gasteiger partial charge in [0.25, 0.3) is 0 Å². The van der Waals surface area contributed by atoms with E-state index in [9.17, 15) is 0 Å². The molecule has 0 aliphatic carbocycles. The third kappa shape index (κ3) is 3.60. The van der Waals surface area contributed by atoms with Gasteiger partial charge in [0.15, 0.2) is 11.5 Å². The van der Waals surface area contributed by atoms with Crippen molar-refractivity contribution in [3.63, 3.8) is 0 Å². The monoisotopic (exact) mass is 253 g/mol. The maximum Gasteiger partial charge on any atom is 0.165 e. The largest absolute Gasteiger partial charge is 0.486 e. The standard InChI is InChI=1S/C13H19NO4/c15-5-7-16-6-4-14-10-11-2-1-3-12-13(11)18-9-8-17-12/h1-3,14-15H,4-10H2. The van der Waals surface area contributed by atoms with E-state index in [1.54, 1.807) is 0 Å². The van der Waals surface area contributed by atoms with E-state index in [1.807, 2.05) is 18.2 Å². The van der Waals surface area contributed by atoms with Crippen molar-refractivity contribution in [2.24, 2.45) is 0 Å². The van der Waals surface area contributed by atoms with Crippen LogP contribution in [0, 0.1) is 0 Å². The Hall–Kier alpha value is -1.30. The van der Waals surface area contributed by atoms with Gasteiger partial charge in [0, 0.05) is 18.7 Å². The number of hydrogen-bond donors (Lipinski definition) is 2. The number of fused-ring (bicyclic) bond motifs is 1. The average molecular weight is 253 g/mol. The van der Waals surface area contributed by atoms with E-state index >= 15 is 0 Å². The number of nitrogens with one attached hydrogen (secondary N) is 1. The molecule has 2 rings (SSSR count).